The molecule has 1 aromatic rings. The van der Waals surface area contributed by atoms with Gasteiger partial charge in [0.05, 0.1) is 17.9 Å². The van der Waals surface area contributed by atoms with E-state index in [0.29, 0.717) is 23.5 Å². The van der Waals surface area contributed by atoms with Crippen LogP contribution < -0.4 is 16.0 Å². The van der Waals surface area contributed by atoms with Crippen molar-refractivity contribution in [2.45, 2.75) is 26.1 Å². The molecule has 0 saturated carbocycles. The SMILES string of the molecule is CNC(=O)c1sc(N2C[C@@H](C)O[C@@H](C)C2)c(C#N)c1N. The van der Waals surface area contributed by atoms with Crippen LogP contribution in [-0.2, 0) is 4.74 Å². The van der Waals surface area contributed by atoms with Crippen LogP contribution in [0.25, 0.3) is 0 Å². The molecular weight excluding hydrogens is 276 g/mol. The average molecular weight is 294 g/mol. The number of nitrogen functional groups attached to an aromatic ring is 1. The molecule has 2 atom stereocenters. The number of thiophene rings is 1. The van der Waals surface area contributed by atoms with E-state index >= 15 is 0 Å². The zero-order chi connectivity index (χ0) is 14.9. The van der Waals surface area contributed by atoms with Crippen LogP contribution in [-0.4, -0.2) is 38.3 Å². The van der Waals surface area contributed by atoms with Crippen molar-refractivity contribution in [1.29, 1.82) is 5.26 Å². The van der Waals surface area contributed by atoms with E-state index in [1.807, 2.05) is 13.8 Å². The fraction of sp³-hybridized carbons (Fsp3) is 0.538. The first kappa shape index (κ1) is 14.6. The van der Waals surface area contributed by atoms with Crippen LogP contribution in [0.2, 0.25) is 0 Å². The predicted octanol–water partition coefficient (Wildman–Crippen LogP) is 1.18. The van der Waals surface area contributed by atoms with Crippen LogP contribution in [0.15, 0.2) is 0 Å². The van der Waals surface area contributed by atoms with E-state index in [4.69, 9.17) is 10.5 Å². The Kier molecular flexibility index (Phi) is 4.16. The lowest BCUT2D eigenvalue weighted by Gasteiger charge is -2.36. The maximum absolute atomic E-state index is 11.8. The maximum atomic E-state index is 11.8. The highest BCUT2D eigenvalue weighted by atomic mass is 32.1. The third-order valence-electron chi connectivity index (χ3n) is 3.18. The molecular formula is C13H18N4O2S. The number of amides is 1. The average Bonchev–Trinajstić information content (AvgIpc) is 2.73. The van der Waals surface area contributed by atoms with E-state index in [-0.39, 0.29) is 23.8 Å². The highest BCUT2D eigenvalue weighted by molar-refractivity contribution is 7.19. The minimum absolute atomic E-state index is 0.0806. The number of hydrogen-bond acceptors (Lipinski definition) is 6. The molecule has 1 amide bonds. The molecule has 1 aromatic heterocycles. The Hall–Kier alpha value is -1.78. The van der Waals surface area contributed by atoms with Gasteiger partial charge in [0.1, 0.15) is 21.5 Å². The van der Waals surface area contributed by atoms with Gasteiger partial charge in [-0.2, -0.15) is 5.26 Å². The molecule has 1 aliphatic rings. The molecule has 1 fully saturated rings. The number of rotatable bonds is 2. The second-order valence-electron chi connectivity index (χ2n) is 4.88. The Labute approximate surface area is 122 Å². The Morgan fingerprint density at radius 2 is 2.10 bits per heavy atom. The molecule has 0 aromatic carbocycles. The number of anilines is 2. The summed E-state index contributed by atoms with van der Waals surface area (Å²) < 4.78 is 5.69. The lowest BCUT2D eigenvalue weighted by molar-refractivity contribution is -0.00501. The molecule has 2 heterocycles. The van der Waals surface area contributed by atoms with Crippen LogP contribution in [0.4, 0.5) is 10.7 Å². The summed E-state index contributed by atoms with van der Waals surface area (Å²) in [6.07, 6.45) is 0.161. The zero-order valence-corrected chi connectivity index (χ0v) is 12.6. The van der Waals surface area contributed by atoms with E-state index in [0.717, 1.165) is 5.00 Å². The molecule has 7 heteroatoms. The number of nitrogens with zero attached hydrogens (tertiary/aromatic N) is 2. The standard InChI is InChI=1S/C13H18N4O2S/c1-7-5-17(6-8(2)19-7)13-9(4-14)10(15)11(20-13)12(18)16-3/h7-8H,5-6,15H2,1-3H3,(H,16,18)/t7-,8+. The number of hydrogen-bond donors (Lipinski definition) is 2. The summed E-state index contributed by atoms with van der Waals surface area (Å²) >= 11 is 1.26. The predicted molar refractivity (Wildman–Crippen MR) is 79.1 cm³/mol. The number of carbonyl (C=O) groups is 1. The molecule has 0 radical (unpaired) electrons. The number of morpholine rings is 1. The number of ether oxygens (including phenoxy) is 1. The summed E-state index contributed by atoms with van der Waals surface area (Å²) in [5, 5.41) is 12.6. The molecule has 6 nitrogen and oxygen atoms in total. The number of nitrogens with one attached hydrogen (secondary N) is 1. The Balaban J connectivity index is 2.41. The fourth-order valence-corrected chi connectivity index (χ4v) is 3.52. The van der Waals surface area contributed by atoms with Crippen molar-refractivity contribution in [2.75, 3.05) is 30.8 Å². The van der Waals surface area contributed by atoms with Crippen molar-refractivity contribution in [3.05, 3.63) is 10.4 Å². The van der Waals surface area contributed by atoms with E-state index < -0.39 is 0 Å². The van der Waals surface area contributed by atoms with Gasteiger partial charge in [-0.25, -0.2) is 0 Å². The van der Waals surface area contributed by atoms with Gasteiger partial charge < -0.3 is 20.7 Å². The summed E-state index contributed by atoms with van der Waals surface area (Å²) in [5.74, 6) is -0.260. The molecule has 2 rings (SSSR count). The molecule has 0 bridgehead atoms. The lowest BCUT2D eigenvalue weighted by atomic mass is 10.2. The topological polar surface area (TPSA) is 91.4 Å². The van der Waals surface area contributed by atoms with Crippen molar-refractivity contribution in [1.82, 2.24) is 5.32 Å². The smallest absolute Gasteiger partial charge is 0.263 e. The Morgan fingerprint density at radius 1 is 1.50 bits per heavy atom. The molecule has 20 heavy (non-hydrogen) atoms. The van der Waals surface area contributed by atoms with E-state index in [2.05, 4.69) is 16.3 Å². The molecule has 108 valence electrons. The number of nitriles is 1. The van der Waals surface area contributed by atoms with Crippen LogP contribution in [0.5, 0.6) is 0 Å². The van der Waals surface area contributed by atoms with Gasteiger partial charge in [-0.3, -0.25) is 4.79 Å². The van der Waals surface area contributed by atoms with Gasteiger partial charge >= 0.3 is 0 Å². The number of carbonyl (C=O) groups excluding carboxylic acids is 1. The second-order valence-corrected chi connectivity index (χ2v) is 5.88. The van der Waals surface area contributed by atoms with E-state index in [9.17, 15) is 10.1 Å². The Bertz CT molecular complexity index is 553. The van der Waals surface area contributed by atoms with Crippen molar-refractivity contribution < 1.29 is 9.53 Å². The fourth-order valence-electron chi connectivity index (χ4n) is 2.39. The van der Waals surface area contributed by atoms with Crippen LogP contribution in [0.1, 0.15) is 29.1 Å². The number of nitrogens with two attached hydrogens (primary N) is 1. The zero-order valence-electron chi connectivity index (χ0n) is 11.8. The molecule has 0 unspecified atom stereocenters. The second kappa shape index (κ2) is 5.69. The molecule has 3 N–H and O–H groups in total. The van der Waals surface area contributed by atoms with Gasteiger partial charge in [0.2, 0.25) is 0 Å². The molecule has 1 saturated heterocycles. The van der Waals surface area contributed by atoms with Crippen molar-refractivity contribution in [3.8, 4) is 6.07 Å². The first-order chi connectivity index (χ1) is 9.47. The first-order valence-electron chi connectivity index (χ1n) is 6.42. The summed E-state index contributed by atoms with van der Waals surface area (Å²) in [5.41, 5.74) is 6.58. The van der Waals surface area contributed by atoms with Gasteiger partial charge in [-0.1, -0.05) is 0 Å². The van der Waals surface area contributed by atoms with Crippen molar-refractivity contribution in [2.24, 2.45) is 0 Å². The van der Waals surface area contributed by atoms with Gasteiger partial charge in [0, 0.05) is 20.1 Å². The van der Waals surface area contributed by atoms with Crippen LogP contribution >= 0.6 is 11.3 Å². The van der Waals surface area contributed by atoms with Crippen LogP contribution in [0.3, 0.4) is 0 Å². The minimum Gasteiger partial charge on any atom is -0.396 e. The summed E-state index contributed by atoms with van der Waals surface area (Å²) in [4.78, 5) is 14.3. The van der Waals surface area contributed by atoms with Crippen LogP contribution in [0, 0.1) is 11.3 Å². The van der Waals surface area contributed by atoms with Gasteiger partial charge in [-0.05, 0) is 13.8 Å². The van der Waals surface area contributed by atoms with E-state index in [1.54, 1.807) is 7.05 Å². The maximum Gasteiger partial charge on any atom is 0.263 e. The van der Waals surface area contributed by atoms with Gasteiger partial charge in [-0.15, -0.1) is 11.3 Å². The van der Waals surface area contributed by atoms with E-state index in [1.165, 1.54) is 11.3 Å². The third kappa shape index (κ3) is 2.57. The van der Waals surface area contributed by atoms with Crippen molar-refractivity contribution >= 4 is 27.9 Å². The largest absolute Gasteiger partial charge is 0.396 e. The molecule has 0 spiro atoms. The Morgan fingerprint density at radius 3 is 2.60 bits per heavy atom. The molecule has 0 aliphatic carbocycles. The highest BCUT2D eigenvalue weighted by Crippen LogP contribution is 2.38. The highest BCUT2D eigenvalue weighted by Gasteiger charge is 2.29. The first-order valence-corrected chi connectivity index (χ1v) is 7.24. The normalized spacial score (nSPS) is 22.4. The lowest BCUT2D eigenvalue weighted by Crippen LogP contribution is -2.45. The third-order valence-corrected chi connectivity index (χ3v) is 4.44. The minimum atomic E-state index is -0.260. The van der Waals surface area contributed by atoms with Crippen molar-refractivity contribution in [3.63, 3.8) is 0 Å². The summed E-state index contributed by atoms with van der Waals surface area (Å²) in [7, 11) is 1.55. The quantitative estimate of drug-likeness (QED) is 0.854. The molecule has 1 aliphatic heterocycles. The van der Waals surface area contributed by atoms with Gasteiger partial charge in [0.25, 0.3) is 5.91 Å². The summed E-state index contributed by atoms with van der Waals surface area (Å²) in [6, 6.07) is 2.11. The monoisotopic (exact) mass is 294 g/mol. The van der Waals surface area contributed by atoms with Gasteiger partial charge in [0.15, 0.2) is 0 Å². The summed E-state index contributed by atoms with van der Waals surface area (Å²) in [6.45, 7) is 5.36.